The highest BCUT2D eigenvalue weighted by Crippen LogP contribution is 2.30. The van der Waals surface area contributed by atoms with Crippen LogP contribution in [0.1, 0.15) is 16.8 Å². The highest BCUT2D eigenvalue weighted by Gasteiger charge is 2.10. The van der Waals surface area contributed by atoms with E-state index in [0.717, 1.165) is 38.9 Å². The lowest BCUT2D eigenvalue weighted by Crippen LogP contribution is -1.98. The molecule has 0 aliphatic carbocycles. The van der Waals surface area contributed by atoms with E-state index in [2.05, 4.69) is 29.9 Å². The molecule has 3 heteroatoms. The molecule has 3 nitrogen and oxygen atoms in total. The normalized spacial score (nSPS) is 11.3. The summed E-state index contributed by atoms with van der Waals surface area (Å²) in [5.74, 6) is 0. The molecule has 0 spiro atoms. The fourth-order valence-electron chi connectivity index (χ4n) is 2.44. The van der Waals surface area contributed by atoms with Crippen LogP contribution in [0.2, 0.25) is 0 Å². The van der Waals surface area contributed by atoms with E-state index in [-0.39, 0.29) is 0 Å². The zero-order valence-corrected chi connectivity index (χ0v) is 10.8. The molecule has 3 aromatic rings. The lowest BCUT2D eigenvalue weighted by Gasteiger charge is -2.10. The quantitative estimate of drug-likeness (QED) is 0.610. The molecule has 2 aromatic heterocycles. The van der Waals surface area contributed by atoms with Crippen molar-refractivity contribution in [1.29, 1.82) is 0 Å². The number of aromatic nitrogens is 2. The standard InChI is InChI=1S/C15H15N3/c1-8-4-5-12-11(6-8)14(16)13-9(2)7-10(3)17-15(13)18-12/h4-7H,1-3H3,(H2,16,17,18). The summed E-state index contributed by atoms with van der Waals surface area (Å²) in [6.45, 7) is 6.09. The van der Waals surface area contributed by atoms with E-state index < -0.39 is 0 Å². The van der Waals surface area contributed by atoms with E-state index in [1.807, 2.05) is 25.1 Å². The summed E-state index contributed by atoms with van der Waals surface area (Å²) in [6, 6.07) is 8.17. The third-order valence-corrected chi connectivity index (χ3v) is 3.26. The average molecular weight is 237 g/mol. The fraction of sp³-hybridized carbons (Fsp3) is 0.200. The summed E-state index contributed by atoms with van der Waals surface area (Å²) in [4.78, 5) is 9.09. The van der Waals surface area contributed by atoms with Crippen LogP contribution >= 0.6 is 0 Å². The van der Waals surface area contributed by atoms with Gasteiger partial charge in [-0.15, -0.1) is 0 Å². The second-order valence-corrected chi connectivity index (χ2v) is 4.83. The van der Waals surface area contributed by atoms with Crippen LogP contribution in [0, 0.1) is 20.8 Å². The number of benzene rings is 1. The molecule has 3 rings (SSSR count). The number of aryl methyl sites for hydroxylation is 3. The van der Waals surface area contributed by atoms with Gasteiger partial charge in [0.25, 0.3) is 0 Å². The van der Waals surface area contributed by atoms with E-state index in [9.17, 15) is 0 Å². The fourth-order valence-corrected chi connectivity index (χ4v) is 2.44. The molecule has 0 bridgehead atoms. The molecule has 1 aromatic carbocycles. The number of hydrogen-bond acceptors (Lipinski definition) is 3. The summed E-state index contributed by atoms with van der Waals surface area (Å²) >= 11 is 0. The van der Waals surface area contributed by atoms with Gasteiger partial charge in [-0.25, -0.2) is 9.97 Å². The van der Waals surface area contributed by atoms with Gasteiger partial charge in [-0.05, 0) is 44.5 Å². The molecule has 0 aliphatic heterocycles. The second kappa shape index (κ2) is 3.67. The van der Waals surface area contributed by atoms with E-state index in [4.69, 9.17) is 5.73 Å². The first-order valence-electron chi connectivity index (χ1n) is 6.00. The Labute approximate surface area is 106 Å². The molecule has 18 heavy (non-hydrogen) atoms. The minimum absolute atomic E-state index is 0.737. The molecule has 2 N–H and O–H groups in total. The van der Waals surface area contributed by atoms with Crippen molar-refractivity contribution in [1.82, 2.24) is 9.97 Å². The van der Waals surface area contributed by atoms with Gasteiger partial charge in [-0.2, -0.15) is 0 Å². The smallest absolute Gasteiger partial charge is 0.162 e. The molecular formula is C15H15N3. The highest BCUT2D eigenvalue weighted by molar-refractivity contribution is 6.06. The van der Waals surface area contributed by atoms with Gasteiger partial charge < -0.3 is 5.73 Å². The zero-order valence-electron chi connectivity index (χ0n) is 10.8. The van der Waals surface area contributed by atoms with Crippen LogP contribution in [-0.4, -0.2) is 9.97 Å². The number of rotatable bonds is 0. The lowest BCUT2D eigenvalue weighted by atomic mass is 10.0. The minimum atomic E-state index is 0.737. The van der Waals surface area contributed by atoms with Crippen LogP contribution in [0.25, 0.3) is 21.9 Å². The van der Waals surface area contributed by atoms with Crippen LogP contribution in [0.3, 0.4) is 0 Å². The Morgan fingerprint density at radius 3 is 2.56 bits per heavy atom. The first-order valence-corrected chi connectivity index (χ1v) is 6.00. The maximum absolute atomic E-state index is 6.29. The Hall–Kier alpha value is -2.16. The van der Waals surface area contributed by atoms with Gasteiger partial charge in [0, 0.05) is 16.5 Å². The molecule has 0 atom stereocenters. The maximum Gasteiger partial charge on any atom is 0.162 e. The van der Waals surface area contributed by atoms with Gasteiger partial charge in [-0.1, -0.05) is 11.6 Å². The lowest BCUT2D eigenvalue weighted by molar-refractivity contribution is 1.20. The molecule has 0 aliphatic rings. The molecule has 2 heterocycles. The van der Waals surface area contributed by atoms with E-state index in [1.165, 1.54) is 5.56 Å². The summed E-state index contributed by atoms with van der Waals surface area (Å²) in [7, 11) is 0. The Bertz CT molecular complexity index is 776. The van der Waals surface area contributed by atoms with Gasteiger partial charge in [-0.3, -0.25) is 0 Å². The molecule has 0 amide bonds. The molecule has 0 unspecified atom stereocenters. The number of pyridine rings is 2. The first-order chi connectivity index (χ1) is 8.56. The van der Waals surface area contributed by atoms with Crippen LogP contribution in [0.4, 0.5) is 5.69 Å². The van der Waals surface area contributed by atoms with Crippen LogP contribution < -0.4 is 5.73 Å². The van der Waals surface area contributed by atoms with Crippen molar-refractivity contribution in [3.8, 4) is 0 Å². The molecule has 0 saturated heterocycles. The van der Waals surface area contributed by atoms with Gasteiger partial charge in [0.15, 0.2) is 5.65 Å². The van der Waals surface area contributed by atoms with E-state index >= 15 is 0 Å². The van der Waals surface area contributed by atoms with Crippen LogP contribution in [0.5, 0.6) is 0 Å². The number of nitrogen functional groups attached to an aromatic ring is 1. The Morgan fingerprint density at radius 1 is 1.00 bits per heavy atom. The van der Waals surface area contributed by atoms with Crippen LogP contribution in [0.15, 0.2) is 24.3 Å². The predicted molar refractivity (Wildman–Crippen MR) is 75.7 cm³/mol. The van der Waals surface area contributed by atoms with E-state index in [0.29, 0.717) is 0 Å². The van der Waals surface area contributed by atoms with Gasteiger partial charge in [0.1, 0.15) is 0 Å². The SMILES string of the molecule is Cc1ccc2nc3nc(C)cc(C)c3c(N)c2c1. The molecule has 0 radical (unpaired) electrons. The van der Waals surface area contributed by atoms with Gasteiger partial charge in [0.2, 0.25) is 0 Å². The number of nitrogens with zero attached hydrogens (tertiary/aromatic N) is 2. The Kier molecular flexibility index (Phi) is 2.23. The third-order valence-electron chi connectivity index (χ3n) is 3.26. The largest absolute Gasteiger partial charge is 0.398 e. The number of nitrogens with two attached hydrogens (primary N) is 1. The summed E-state index contributed by atoms with van der Waals surface area (Å²) < 4.78 is 0. The van der Waals surface area contributed by atoms with Crippen molar-refractivity contribution < 1.29 is 0 Å². The van der Waals surface area contributed by atoms with Gasteiger partial charge >= 0.3 is 0 Å². The monoisotopic (exact) mass is 237 g/mol. The number of fused-ring (bicyclic) bond motifs is 2. The van der Waals surface area contributed by atoms with Crippen molar-refractivity contribution in [2.75, 3.05) is 5.73 Å². The topological polar surface area (TPSA) is 51.8 Å². The molecular weight excluding hydrogens is 222 g/mol. The Morgan fingerprint density at radius 2 is 1.78 bits per heavy atom. The van der Waals surface area contributed by atoms with E-state index in [1.54, 1.807) is 0 Å². The maximum atomic E-state index is 6.29. The number of hydrogen-bond donors (Lipinski definition) is 1. The Balaban J connectivity index is 2.56. The van der Waals surface area contributed by atoms with Crippen LogP contribution in [-0.2, 0) is 0 Å². The zero-order chi connectivity index (χ0) is 12.9. The predicted octanol–water partition coefficient (Wildman–Crippen LogP) is 3.29. The summed E-state index contributed by atoms with van der Waals surface area (Å²) in [5.41, 5.74) is 12.0. The first kappa shape index (κ1) is 11.0. The minimum Gasteiger partial charge on any atom is -0.398 e. The van der Waals surface area contributed by atoms with Crippen molar-refractivity contribution in [3.63, 3.8) is 0 Å². The highest BCUT2D eigenvalue weighted by atomic mass is 14.9. The molecule has 0 fully saturated rings. The average Bonchev–Trinajstić information content (AvgIpc) is 2.29. The second-order valence-electron chi connectivity index (χ2n) is 4.83. The molecule has 0 saturated carbocycles. The molecule has 90 valence electrons. The third kappa shape index (κ3) is 1.51. The van der Waals surface area contributed by atoms with Crippen molar-refractivity contribution in [2.24, 2.45) is 0 Å². The summed E-state index contributed by atoms with van der Waals surface area (Å²) in [5, 5.41) is 1.98. The summed E-state index contributed by atoms with van der Waals surface area (Å²) in [6.07, 6.45) is 0. The van der Waals surface area contributed by atoms with Crippen molar-refractivity contribution in [3.05, 3.63) is 41.1 Å². The number of anilines is 1. The van der Waals surface area contributed by atoms with Crippen molar-refractivity contribution >= 4 is 27.6 Å². The van der Waals surface area contributed by atoms with Gasteiger partial charge in [0.05, 0.1) is 11.2 Å². The van der Waals surface area contributed by atoms with Crippen molar-refractivity contribution in [2.45, 2.75) is 20.8 Å².